The van der Waals surface area contributed by atoms with Gasteiger partial charge in [-0.25, -0.2) is 0 Å². The summed E-state index contributed by atoms with van der Waals surface area (Å²) in [7, 11) is 0. The predicted molar refractivity (Wildman–Crippen MR) is 133 cm³/mol. The van der Waals surface area contributed by atoms with Crippen molar-refractivity contribution in [2.45, 2.75) is 25.4 Å². The summed E-state index contributed by atoms with van der Waals surface area (Å²) >= 11 is 12.3. The molecule has 4 rings (SSSR count). The molecular formula is C26H23Cl2N3O2. The van der Waals surface area contributed by atoms with Crippen molar-refractivity contribution in [1.82, 2.24) is 15.6 Å². The number of hydrogen-bond donors (Lipinski definition) is 3. The number of fused-ring (bicyclic) bond motifs is 1. The van der Waals surface area contributed by atoms with Crippen LogP contribution >= 0.6 is 23.2 Å². The molecule has 1 aromatic heterocycles. The fourth-order valence-electron chi connectivity index (χ4n) is 3.78. The molecule has 33 heavy (non-hydrogen) atoms. The van der Waals surface area contributed by atoms with Crippen LogP contribution in [0.25, 0.3) is 10.9 Å². The van der Waals surface area contributed by atoms with E-state index >= 15 is 0 Å². The second-order valence-corrected chi connectivity index (χ2v) is 8.70. The summed E-state index contributed by atoms with van der Waals surface area (Å²) in [5.41, 5.74) is 3.09. The number of aromatic amines is 1. The van der Waals surface area contributed by atoms with Crippen molar-refractivity contribution in [2.24, 2.45) is 0 Å². The zero-order chi connectivity index (χ0) is 23.4. The third kappa shape index (κ3) is 5.38. The van der Waals surface area contributed by atoms with E-state index in [9.17, 15) is 9.59 Å². The first-order valence-electron chi connectivity index (χ1n) is 10.6. The first-order chi connectivity index (χ1) is 15.9. The van der Waals surface area contributed by atoms with Gasteiger partial charge in [-0.15, -0.1) is 0 Å². The predicted octanol–water partition coefficient (Wildman–Crippen LogP) is 5.69. The molecule has 0 bridgehead atoms. The molecule has 0 aliphatic heterocycles. The molecule has 0 spiro atoms. The molecule has 0 aliphatic carbocycles. The lowest BCUT2D eigenvalue weighted by atomic mass is 10.0. The van der Waals surface area contributed by atoms with E-state index in [0.29, 0.717) is 22.0 Å². The molecule has 2 amide bonds. The molecule has 0 saturated heterocycles. The smallest absolute Gasteiger partial charge is 0.253 e. The Morgan fingerprint density at radius 2 is 1.70 bits per heavy atom. The maximum absolute atomic E-state index is 13.3. The Morgan fingerprint density at radius 1 is 0.939 bits per heavy atom. The van der Waals surface area contributed by atoms with Crippen LogP contribution in [-0.2, 0) is 11.2 Å². The van der Waals surface area contributed by atoms with Gasteiger partial charge in [-0.3, -0.25) is 9.59 Å². The highest BCUT2D eigenvalue weighted by atomic mass is 35.5. The second kappa shape index (κ2) is 10.1. The van der Waals surface area contributed by atoms with E-state index in [2.05, 4.69) is 15.6 Å². The van der Waals surface area contributed by atoms with Crippen LogP contribution in [0.1, 0.15) is 34.5 Å². The molecule has 3 N–H and O–H groups in total. The minimum atomic E-state index is -0.811. The third-order valence-electron chi connectivity index (χ3n) is 5.55. The summed E-state index contributed by atoms with van der Waals surface area (Å²) in [6, 6.07) is 20.8. The van der Waals surface area contributed by atoms with Crippen LogP contribution in [0.3, 0.4) is 0 Å². The van der Waals surface area contributed by atoms with Crippen molar-refractivity contribution in [1.29, 1.82) is 0 Å². The molecule has 0 aliphatic rings. The Hall–Kier alpha value is -3.28. The first kappa shape index (κ1) is 22.9. The van der Waals surface area contributed by atoms with Crippen molar-refractivity contribution in [3.05, 3.63) is 106 Å². The number of benzene rings is 3. The van der Waals surface area contributed by atoms with E-state index in [4.69, 9.17) is 23.2 Å². The maximum Gasteiger partial charge on any atom is 0.253 e. The van der Waals surface area contributed by atoms with Crippen molar-refractivity contribution < 1.29 is 9.59 Å². The molecule has 0 unspecified atom stereocenters. The number of nitrogens with one attached hydrogen (secondary N) is 3. The molecule has 4 aromatic rings. The minimum absolute atomic E-state index is 0.293. The van der Waals surface area contributed by atoms with Gasteiger partial charge >= 0.3 is 0 Å². The molecule has 2 atom stereocenters. The highest BCUT2D eigenvalue weighted by Crippen LogP contribution is 2.21. The maximum atomic E-state index is 13.3. The van der Waals surface area contributed by atoms with E-state index in [1.165, 1.54) is 0 Å². The van der Waals surface area contributed by atoms with Gasteiger partial charge in [0.25, 0.3) is 5.91 Å². The average Bonchev–Trinajstić information content (AvgIpc) is 3.21. The van der Waals surface area contributed by atoms with E-state index in [-0.39, 0.29) is 11.9 Å². The molecule has 0 fully saturated rings. The van der Waals surface area contributed by atoms with Gasteiger partial charge in [0.2, 0.25) is 5.91 Å². The third-order valence-corrected chi connectivity index (χ3v) is 6.11. The summed E-state index contributed by atoms with van der Waals surface area (Å²) in [6.45, 7) is 1.88. The second-order valence-electron chi connectivity index (χ2n) is 7.85. The molecule has 5 nitrogen and oxygen atoms in total. The number of H-pyrrole nitrogens is 1. The molecule has 0 radical (unpaired) electrons. The highest BCUT2D eigenvalue weighted by molar-refractivity contribution is 6.33. The normalized spacial score (nSPS) is 12.8. The highest BCUT2D eigenvalue weighted by Gasteiger charge is 2.25. The standard InChI is InChI=1S/C26H23Cl2N3O2/c1-16(17-7-6-8-19(27)13-17)30-26(33)24(31-25(32)21-10-2-4-11-22(21)28)14-18-15-29-23-12-5-3-9-20(18)23/h2-13,15-16,24,29H,14H2,1H3,(H,30,33)(H,31,32)/t16-,24-/m0/s1. The number of hydrogen-bond acceptors (Lipinski definition) is 2. The van der Waals surface area contributed by atoms with Crippen LogP contribution in [0.5, 0.6) is 0 Å². The lowest BCUT2D eigenvalue weighted by Gasteiger charge is -2.22. The van der Waals surface area contributed by atoms with Gasteiger partial charge in [0, 0.05) is 28.5 Å². The fourth-order valence-corrected chi connectivity index (χ4v) is 4.20. The number of rotatable bonds is 7. The summed E-state index contributed by atoms with van der Waals surface area (Å²) < 4.78 is 0. The Bertz CT molecular complexity index is 1300. The largest absolute Gasteiger partial charge is 0.361 e. The topological polar surface area (TPSA) is 74.0 Å². The summed E-state index contributed by atoms with van der Waals surface area (Å²) in [5.74, 6) is -0.704. The van der Waals surface area contributed by atoms with E-state index in [1.54, 1.807) is 30.3 Å². The Labute approximate surface area is 202 Å². The number of carbonyl (C=O) groups is 2. The van der Waals surface area contributed by atoms with E-state index < -0.39 is 11.9 Å². The molecule has 168 valence electrons. The van der Waals surface area contributed by atoms with Crippen LogP contribution in [0, 0.1) is 0 Å². The zero-order valence-corrected chi connectivity index (χ0v) is 19.5. The van der Waals surface area contributed by atoms with Crippen molar-refractivity contribution in [2.75, 3.05) is 0 Å². The molecule has 3 aromatic carbocycles. The SMILES string of the molecule is C[C@H](NC(=O)[C@H](Cc1c[nH]c2ccccc12)NC(=O)c1ccccc1Cl)c1cccc(Cl)c1. The summed E-state index contributed by atoms with van der Waals surface area (Å²) in [5, 5.41) is 7.80. The number of aromatic nitrogens is 1. The minimum Gasteiger partial charge on any atom is -0.361 e. The molecule has 0 saturated carbocycles. The average molecular weight is 480 g/mol. The van der Waals surface area contributed by atoms with Gasteiger partial charge in [-0.2, -0.15) is 0 Å². The summed E-state index contributed by atoms with van der Waals surface area (Å²) in [6.07, 6.45) is 2.18. The Morgan fingerprint density at radius 3 is 2.48 bits per heavy atom. The van der Waals surface area contributed by atoms with Crippen LogP contribution in [-0.4, -0.2) is 22.8 Å². The molecule has 1 heterocycles. The Balaban J connectivity index is 1.59. The number of amides is 2. The lowest BCUT2D eigenvalue weighted by molar-refractivity contribution is -0.123. The van der Waals surface area contributed by atoms with Crippen LogP contribution < -0.4 is 10.6 Å². The number of carbonyl (C=O) groups excluding carboxylic acids is 2. The van der Waals surface area contributed by atoms with Gasteiger partial charge in [-0.05, 0) is 48.4 Å². The van der Waals surface area contributed by atoms with Crippen LogP contribution in [0.15, 0.2) is 79.0 Å². The quantitative estimate of drug-likeness (QED) is 0.318. The molecular weight excluding hydrogens is 457 g/mol. The van der Waals surface area contributed by atoms with Crippen LogP contribution in [0.4, 0.5) is 0 Å². The van der Waals surface area contributed by atoms with Gasteiger partial charge in [0.15, 0.2) is 0 Å². The van der Waals surface area contributed by atoms with Gasteiger partial charge in [0.1, 0.15) is 6.04 Å². The van der Waals surface area contributed by atoms with Crippen molar-refractivity contribution in [3.63, 3.8) is 0 Å². The van der Waals surface area contributed by atoms with Gasteiger partial charge in [-0.1, -0.05) is 65.7 Å². The van der Waals surface area contributed by atoms with Gasteiger partial charge in [0.05, 0.1) is 16.6 Å². The monoisotopic (exact) mass is 479 g/mol. The lowest BCUT2D eigenvalue weighted by Crippen LogP contribution is -2.48. The first-order valence-corrected chi connectivity index (χ1v) is 11.3. The van der Waals surface area contributed by atoms with Crippen molar-refractivity contribution >= 4 is 45.9 Å². The van der Waals surface area contributed by atoms with Gasteiger partial charge < -0.3 is 15.6 Å². The van der Waals surface area contributed by atoms with Crippen LogP contribution in [0.2, 0.25) is 10.0 Å². The van der Waals surface area contributed by atoms with Crippen molar-refractivity contribution in [3.8, 4) is 0 Å². The number of halogens is 2. The van der Waals surface area contributed by atoms with E-state index in [0.717, 1.165) is 22.0 Å². The fraction of sp³-hybridized carbons (Fsp3) is 0.154. The van der Waals surface area contributed by atoms with E-state index in [1.807, 2.05) is 55.6 Å². The summed E-state index contributed by atoms with van der Waals surface area (Å²) in [4.78, 5) is 29.5. The zero-order valence-electron chi connectivity index (χ0n) is 17.9. The Kier molecular flexibility index (Phi) is 7.02. The molecule has 7 heteroatoms. The number of para-hydroxylation sites is 1.